The predicted octanol–water partition coefficient (Wildman–Crippen LogP) is 2.44. The Morgan fingerprint density at radius 1 is 1.17 bits per heavy atom. The van der Waals surface area contributed by atoms with E-state index < -0.39 is 29.3 Å². The molecule has 194 valence electrons. The molecule has 2 bridgehead atoms. The number of carbonyl (C=O) groups is 3. The summed E-state index contributed by atoms with van der Waals surface area (Å²) in [6.45, 7) is 4.38. The number of rotatable bonds is 5. The highest BCUT2D eigenvalue weighted by Gasteiger charge is 2.52. The highest BCUT2D eigenvalue weighted by molar-refractivity contribution is 5.98. The van der Waals surface area contributed by atoms with Gasteiger partial charge in [0.25, 0.3) is 0 Å². The van der Waals surface area contributed by atoms with Crippen molar-refractivity contribution in [3.63, 3.8) is 0 Å². The lowest BCUT2D eigenvalue weighted by Gasteiger charge is -2.44. The molecule has 10 heteroatoms. The second kappa shape index (κ2) is 8.77. The third-order valence-electron chi connectivity index (χ3n) is 8.82. The molecule has 5 aliphatic rings. The summed E-state index contributed by atoms with van der Waals surface area (Å²) in [6, 6.07) is 5.48. The van der Waals surface area contributed by atoms with Crippen LogP contribution in [0.25, 0.3) is 0 Å². The second-order valence-electron chi connectivity index (χ2n) is 11.0. The number of benzene rings is 1. The highest BCUT2D eigenvalue weighted by Crippen LogP contribution is 2.51. The van der Waals surface area contributed by atoms with Crippen molar-refractivity contribution in [3.8, 4) is 5.75 Å². The largest absolute Gasteiger partial charge is 0.477 e. The Bertz CT molecular complexity index is 1120. The molecule has 0 spiro atoms. The Kier molecular flexibility index (Phi) is 5.99. The van der Waals surface area contributed by atoms with Gasteiger partial charge in [0, 0.05) is 37.3 Å². The first-order chi connectivity index (χ1) is 17.1. The number of carbonyl (C=O) groups excluding carboxylic acids is 1. The van der Waals surface area contributed by atoms with Gasteiger partial charge in [-0.15, -0.1) is 0 Å². The number of nitrogens with zero attached hydrogens (tertiary/aromatic N) is 3. The maximum absolute atomic E-state index is 12.9. The molecule has 1 amide bonds. The minimum atomic E-state index is -1.48. The third-order valence-corrected chi connectivity index (χ3v) is 8.82. The summed E-state index contributed by atoms with van der Waals surface area (Å²) in [7, 11) is 4.12. The summed E-state index contributed by atoms with van der Waals surface area (Å²) in [6.07, 6.45) is 3.35. The van der Waals surface area contributed by atoms with Gasteiger partial charge in [-0.05, 0) is 63.2 Å². The fourth-order valence-corrected chi connectivity index (χ4v) is 7.07. The Balaban J connectivity index is 1.41. The number of likely N-dealkylation sites (N-methyl/N-ethyl adjacent to an activating group) is 2. The van der Waals surface area contributed by atoms with Crippen LogP contribution < -0.4 is 15.0 Å². The first-order valence-corrected chi connectivity index (χ1v) is 12.5. The number of fused-ring (bicyclic) bond motifs is 7. The van der Waals surface area contributed by atoms with Gasteiger partial charge in [0.1, 0.15) is 11.4 Å². The number of hydrogen-bond donors (Lipinski definition) is 3. The van der Waals surface area contributed by atoms with E-state index in [0.717, 1.165) is 49.0 Å². The topological polar surface area (TPSA) is 123 Å². The molecule has 0 radical (unpaired) electrons. The van der Waals surface area contributed by atoms with Gasteiger partial charge < -0.3 is 25.2 Å². The number of anilines is 1. The van der Waals surface area contributed by atoms with Crippen LogP contribution in [0.5, 0.6) is 5.75 Å². The van der Waals surface area contributed by atoms with Crippen LogP contribution in [0.15, 0.2) is 30.0 Å². The molecular formula is C26H34N4O6. The fraction of sp³-hybridized carbons (Fsp3) is 0.577. The first-order valence-electron chi connectivity index (χ1n) is 12.5. The zero-order valence-electron chi connectivity index (χ0n) is 21.0. The van der Waals surface area contributed by atoms with Crippen LogP contribution in [0.1, 0.15) is 44.6 Å². The lowest BCUT2D eigenvalue weighted by atomic mass is 9.77. The van der Waals surface area contributed by atoms with Crippen LogP contribution in [0, 0.1) is 5.92 Å². The van der Waals surface area contributed by atoms with Crippen LogP contribution in [0.2, 0.25) is 0 Å². The van der Waals surface area contributed by atoms with E-state index in [2.05, 4.69) is 29.1 Å². The van der Waals surface area contributed by atoms with Gasteiger partial charge in [-0.2, -0.15) is 0 Å². The Morgan fingerprint density at radius 3 is 2.56 bits per heavy atom. The van der Waals surface area contributed by atoms with Crippen molar-refractivity contribution < 1.29 is 29.3 Å². The Hall–Kier alpha value is -3.11. The lowest BCUT2D eigenvalue weighted by Crippen LogP contribution is -2.57. The highest BCUT2D eigenvalue weighted by atomic mass is 16.5. The summed E-state index contributed by atoms with van der Waals surface area (Å²) in [5.74, 6) is -1.66. The van der Waals surface area contributed by atoms with Crippen molar-refractivity contribution in [2.24, 2.45) is 5.92 Å². The van der Waals surface area contributed by atoms with Crippen molar-refractivity contribution >= 4 is 23.7 Å². The zero-order valence-corrected chi connectivity index (χ0v) is 21.0. The summed E-state index contributed by atoms with van der Waals surface area (Å²) in [5.41, 5.74) is 0.642. The van der Waals surface area contributed by atoms with Crippen molar-refractivity contribution in [3.05, 3.63) is 35.5 Å². The molecule has 1 saturated carbocycles. The van der Waals surface area contributed by atoms with Gasteiger partial charge in [0.2, 0.25) is 0 Å². The van der Waals surface area contributed by atoms with Crippen LogP contribution in [-0.2, 0) is 15.0 Å². The van der Waals surface area contributed by atoms with E-state index in [1.54, 1.807) is 12.1 Å². The van der Waals surface area contributed by atoms with E-state index in [9.17, 15) is 24.6 Å². The van der Waals surface area contributed by atoms with E-state index in [1.807, 2.05) is 13.1 Å². The van der Waals surface area contributed by atoms with Gasteiger partial charge in [-0.25, -0.2) is 14.4 Å². The number of amides is 1. The predicted molar refractivity (Wildman–Crippen MR) is 132 cm³/mol. The van der Waals surface area contributed by atoms with E-state index in [1.165, 1.54) is 5.56 Å². The molecule has 3 saturated heterocycles. The van der Waals surface area contributed by atoms with Gasteiger partial charge in [-0.1, -0.05) is 13.0 Å². The number of carboxylic acid groups (broad SMARTS) is 2. The SMILES string of the molecule is CN1CCC2(C)c3ccc(OC(=O)/C=C(/C(=O)O)N(C(=O)O)C45CCC(CC4)CNC5)cc3N(C)C12. The number of likely N-dealkylation sites (tertiary alicyclic amines) is 1. The van der Waals surface area contributed by atoms with Gasteiger partial charge in [0.05, 0.1) is 17.8 Å². The maximum Gasteiger partial charge on any atom is 0.412 e. The molecule has 1 aromatic carbocycles. The minimum absolute atomic E-state index is 0.0230. The van der Waals surface area contributed by atoms with Crippen molar-refractivity contribution in [1.29, 1.82) is 0 Å². The van der Waals surface area contributed by atoms with Crippen LogP contribution >= 0.6 is 0 Å². The van der Waals surface area contributed by atoms with Crippen molar-refractivity contribution in [1.82, 2.24) is 15.1 Å². The molecule has 2 atom stereocenters. The molecular weight excluding hydrogens is 464 g/mol. The smallest absolute Gasteiger partial charge is 0.412 e. The third kappa shape index (κ3) is 3.83. The monoisotopic (exact) mass is 498 g/mol. The number of nitrogens with one attached hydrogen (secondary N) is 1. The molecule has 0 aromatic heterocycles. The number of esters is 1. The van der Waals surface area contributed by atoms with Crippen LogP contribution in [-0.4, -0.2) is 83.5 Å². The van der Waals surface area contributed by atoms with E-state index in [0.29, 0.717) is 25.3 Å². The molecule has 36 heavy (non-hydrogen) atoms. The van der Waals surface area contributed by atoms with Crippen molar-refractivity contribution in [2.45, 2.75) is 56.1 Å². The molecule has 1 aliphatic carbocycles. The molecule has 1 aromatic rings. The standard InChI is InChI=1S/C26H34N4O6/c1-25-10-11-28(2)23(25)29(3)19-12-17(4-5-18(19)25)36-21(31)13-20(22(32)33)30(24(34)35)26-8-6-16(7-9-26)14-27-15-26/h4-5,12-13,16,23,27H,6-11,14-15H2,1-3H3,(H,32,33)(H,34,35)/b20-13-. The summed E-state index contributed by atoms with van der Waals surface area (Å²) in [5, 5.41) is 23.2. The molecule has 4 aliphatic heterocycles. The van der Waals surface area contributed by atoms with E-state index in [4.69, 9.17) is 4.74 Å². The number of aliphatic carboxylic acids is 1. The number of hydrogen-bond acceptors (Lipinski definition) is 7. The van der Waals surface area contributed by atoms with Gasteiger partial charge in [0.15, 0.2) is 0 Å². The van der Waals surface area contributed by atoms with Crippen molar-refractivity contribution in [2.75, 3.05) is 38.6 Å². The van der Waals surface area contributed by atoms with Gasteiger partial charge in [-0.3, -0.25) is 9.80 Å². The number of ether oxygens (including phenoxy) is 1. The molecule has 4 fully saturated rings. The summed E-state index contributed by atoms with van der Waals surface area (Å²) < 4.78 is 5.51. The Labute approximate surface area is 210 Å². The molecule has 6 rings (SSSR count). The molecule has 2 unspecified atom stereocenters. The Morgan fingerprint density at radius 2 is 1.89 bits per heavy atom. The van der Waals surface area contributed by atoms with E-state index >= 15 is 0 Å². The maximum atomic E-state index is 12.9. The zero-order chi connectivity index (χ0) is 25.8. The average molecular weight is 499 g/mol. The lowest BCUT2D eigenvalue weighted by molar-refractivity contribution is -0.136. The molecule has 10 nitrogen and oxygen atoms in total. The number of carboxylic acids is 1. The van der Waals surface area contributed by atoms with Gasteiger partial charge >= 0.3 is 18.0 Å². The van der Waals surface area contributed by atoms with Crippen LogP contribution in [0.3, 0.4) is 0 Å². The second-order valence-corrected chi connectivity index (χ2v) is 11.0. The molecule has 4 heterocycles. The van der Waals surface area contributed by atoms with E-state index in [-0.39, 0.29) is 17.3 Å². The summed E-state index contributed by atoms with van der Waals surface area (Å²) >= 11 is 0. The quantitative estimate of drug-likeness (QED) is 0.319. The van der Waals surface area contributed by atoms with Crippen LogP contribution in [0.4, 0.5) is 10.5 Å². The average Bonchev–Trinajstić information content (AvgIpc) is 3.05. The molecule has 3 N–H and O–H groups in total. The minimum Gasteiger partial charge on any atom is -0.477 e. The normalized spacial score (nSPS) is 31.5. The summed E-state index contributed by atoms with van der Waals surface area (Å²) in [4.78, 5) is 42.8. The fourth-order valence-electron chi connectivity index (χ4n) is 7.07. The first kappa shape index (κ1) is 24.6.